The van der Waals surface area contributed by atoms with Crippen molar-refractivity contribution in [3.05, 3.63) is 0 Å². The maximum Gasteiger partial charge on any atom is 0.237 e. The van der Waals surface area contributed by atoms with Gasteiger partial charge in [-0.2, -0.15) is 0 Å². The molecule has 5 heteroatoms. The van der Waals surface area contributed by atoms with Crippen molar-refractivity contribution in [2.24, 2.45) is 5.73 Å². The van der Waals surface area contributed by atoms with Gasteiger partial charge in [0.15, 0.2) is 0 Å². The van der Waals surface area contributed by atoms with E-state index in [0.29, 0.717) is 6.04 Å². The highest BCUT2D eigenvalue weighted by atomic mass is 16.1. The Bertz CT molecular complexity index is 334. The standard InChI is InChI=1S/C16H34N4O/c1-13(2)18-16(4,15(17)21)8-6-7-9-20-11-10-19(5)12-14(20)3/h13-14,18H,6-12H2,1-5H3,(H2,17,21). The topological polar surface area (TPSA) is 61.6 Å². The molecule has 1 aliphatic heterocycles. The second kappa shape index (κ2) is 8.11. The van der Waals surface area contributed by atoms with E-state index < -0.39 is 5.54 Å². The predicted molar refractivity (Wildman–Crippen MR) is 88.3 cm³/mol. The summed E-state index contributed by atoms with van der Waals surface area (Å²) in [5.74, 6) is -0.246. The number of hydrogen-bond acceptors (Lipinski definition) is 4. The Hall–Kier alpha value is -0.650. The van der Waals surface area contributed by atoms with Crippen molar-refractivity contribution in [1.29, 1.82) is 0 Å². The summed E-state index contributed by atoms with van der Waals surface area (Å²) in [6.07, 6.45) is 2.96. The van der Waals surface area contributed by atoms with Crippen LogP contribution >= 0.6 is 0 Å². The zero-order chi connectivity index (χ0) is 16.0. The number of nitrogens with zero attached hydrogens (tertiary/aromatic N) is 2. The van der Waals surface area contributed by atoms with Gasteiger partial charge in [0.25, 0.3) is 0 Å². The third-order valence-electron chi connectivity index (χ3n) is 4.49. The number of carbonyl (C=O) groups excluding carboxylic acids is 1. The largest absolute Gasteiger partial charge is 0.368 e. The van der Waals surface area contributed by atoms with Gasteiger partial charge in [0.2, 0.25) is 5.91 Å². The van der Waals surface area contributed by atoms with Crippen LogP contribution in [-0.2, 0) is 4.79 Å². The molecule has 2 unspecified atom stereocenters. The van der Waals surface area contributed by atoms with E-state index in [0.717, 1.165) is 45.4 Å². The first-order chi connectivity index (χ1) is 9.74. The van der Waals surface area contributed by atoms with Crippen LogP contribution in [0.25, 0.3) is 0 Å². The lowest BCUT2D eigenvalue weighted by molar-refractivity contribution is -0.124. The summed E-state index contributed by atoms with van der Waals surface area (Å²) in [6, 6.07) is 0.889. The van der Waals surface area contributed by atoms with Gasteiger partial charge in [0.05, 0.1) is 5.54 Å². The molecule has 21 heavy (non-hydrogen) atoms. The first-order valence-corrected chi connectivity index (χ1v) is 8.25. The molecule has 1 aliphatic rings. The Morgan fingerprint density at radius 1 is 1.38 bits per heavy atom. The van der Waals surface area contributed by atoms with Crippen LogP contribution in [-0.4, -0.2) is 66.6 Å². The lowest BCUT2D eigenvalue weighted by Gasteiger charge is -2.38. The third kappa shape index (κ3) is 5.93. The van der Waals surface area contributed by atoms with Crippen LogP contribution < -0.4 is 11.1 Å². The Kier molecular flexibility index (Phi) is 7.10. The van der Waals surface area contributed by atoms with Crippen molar-refractivity contribution >= 4 is 5.91 Å². The monoisotopic (exact) mass is 298 g/mol. The minimum Gasteiger partial charge on any atom is -0.368 e. The number of hydrogen-bond donors (Lipinski definition) is 2. The van der Waals surface area contributed by atoms with E-state index in [4.69, 9.17) is 5.73 Å². The Balaban J connectivity index is 2.33. The van der Waals surface area contributed by atoms with Crippen LogP contribution in [0.15, 0.2) is 0 Å². The van der Waals surface area contributed by atoms with Crippen LogP contribution in [0.3, 0.4) is 0 Å². The van der Waals surface area contributed by atoms with E-state index in [-0.39, 0.29) is 11.9 Å². The van der Waals surface area contributed by atoms with Crippen molar-refractivity contribution < 1.29 is 4.79 Å². The van der Waals surface area contributed by atoms with Gasteiger partial charge in [-0.05, 0) is 60.5 Å². The summed E-state index contributed by atoms with van der Waals surface area (Å²) in [5, 5.41) is 3.31. The Labute approximate surface area is 130 Å². The highest BCUT2D eigenvalue weighted by Gasteiger charge is 2.30. The lowest BCUT2D eigenvalue weighted by Crippen LogP contribution is -2.55. The van der Waals surface area contributed by atoms with Crippen LogP contribution in [0, 0.1) is 0 Å². The molecule has 1 rings (SSSR count). The first kappa shape index (κ1) is 18.4. The summed E-state index contributed by atoms with van der Waals surface area (Å²) in [6.45, 7) is 12.9. The van der Waals surface area contributed by atoms with Crippen molar-refractivity contribution in [1.82, 2.24) is 15.1 Å². The average Bonchev–Trinajstić information content (AvgIpc) is 2.35. The summed E-state index contributed by atoms with van der Waals surface area (Å²) in [7, 11) is 2.18. The molecule has 0 bridgehead atoms. The molecule has 3 N–H and O–H groups in total. The van der Waals surface area contributed by atoms with Crippen LogP contribution in [0.1, 0.15) is 47.0 Å². The van der Waals surface area contributed by atoms with Crippen LogP contribution in [0.5, 0.6) is 0 Å². The van der Waals surface area contributed by atoms with Gasteiger partial charge >= 0.3 is 0 Å². The number of nitrogens with two attached hydrogens (primary N) is 1. The zero-order valence-electron chi connectivity index (χ0n) is 14.5. The SMILES string of the molecule is CC(C)NC(C)(CCCCN1CCN(C)CC1C)C(N)=O. The highest BCUT2D eigenvalue weighted by molar-refractivity contribution is 5.84. The fourth-order valence-electron chi connectivity index (χ4n) is 3.21. The van der Waals surface area contributed by atoms with E-state index in [9.17, 15) is 4.79 Å². The fourth-order valence-corrected chi connectivity index (χ4v) is 3.21. The van der Waals surface area contributed by atoms with Gasteiger partial charge in [-0.1, -0.05) is 0 Å². The first-order valence-electron chi connectivity index (χ1n) is 8.25. The van der Waals surface area contributed by atoms with Crippen molar-refractivity contribution in [2.75, 3.05) is 33.2 Å². The van der Waals surface area contributed by atoms with Crippen molar-refractivity contribution in [3.8, 4) is 0 Å². The van der Waals surface area contributed by atoms with E-state index >= 15 is 0 Å². The minimum atomic E-state index is -0.581. The molecule has 1 fully saturated rings. The summed E-state index contributed by atoms with van der Waals surface area (Å²) >= 11 is 0. The summed E-state index contributed by atoms with van der Waals surface area (Å²) in [4.78, 5) is 16.6. The molecule has 5 nitrogen and oxygen atoms in total. The lowest BCUT2D eigenvalue weighted by atomic mass is 9.93. The number of primary amides is 1. The number of rotatable bonds is 8. The van der Waals surface area contributed by atoms with E-state index in [1.807, 2.05) is 20.8 Å². The van der Waals surface area contributed by atoms with Gasteiger partial charge < -0.3 is 16.0 Å². The fraction of sp³-hybridized carbons (Fsp3) is 0.938. The maximum absolute atomic E-state index is 11.7. The predicted octanol–water partition coefficient (Wildman–Crippen LogP) is 1.03. The third-order valence-corrected chi connectivity index (χ3v) is 4.49. The van der Waals surface area contributed by atoms with Crippen LogP contribution in [0.4, 0.5) is 0 Å². The zero-order valence-corrected chi connectivity index (χ0v) is 14.5. The number of likely N-dealkylation sites (N-methyl/N-ethyl adjacent to an activating group) is 1. The van der Waals surface area contributed by atoms with Crippen molar-refractivity contribution in [2.45, 2.75) is 64.6 Å². The Morgan fingerprint density at radius 3 is 2.57 bits per heavy atom. The highest BCUT2D eigenvalue weighted by Crippen LogP contribution is 2.16. The molecule has 0 aliphatic carbocycles. The molecule has 1 amide bonds. The molecular weight excluding hydrogens is 264 g/mol. The molecule has 1 saturated heterocycles. The number of unbranched alkanes of at least 4 members (excludes halogenated alkanes) is 1. The second-order valence-electron chi connectivity index (χ2n) is 7.10. The number of amides is 1. The molecule has 2 atom stereocenters. The molecule has 124 valence electrons. The van der Waals surface area contributed by atoms with Crippen LogP contribution in [0.2, 0.25) is 0 Å². The summed E-state index contributed by atoms with van der Waals surface area (Å²) in [5.41, 5.74) is 4.98. The molecule has 0 aromatic heterocycles. The molecule has 0 spiro atoms. The van der Waals surface area contributed by atoms with E-state index in [2.05, 4.69) is 29.1 Å². The number of piperazine rings is 1. The minimum absolute atomic E-state index is 0.246. The van der Waals surface area contributed by atoms with E-state index in [1.165, 1.54) is 0 Å². The Morgan fingerprint density at radius 2 is 2.05 bits per heavy atom. The number of nitrogens with one attached hydrogen (secondary N) is 1. The normalized spacial score (nSPS) is 24.2. The molecule has 1 heterocycles. The van der Waals surface area contributed by atoms with Gasteiger partial charge in [-0.15, -0.1) is 0 Å². The van der Waals surface area contributed by atoms with Gasteiger partial charge in [0, 0.05) is 31.7 Å². The van der Waals surface area contributed by atoms with Crippen molar-refractivity contribution in [3.63, 3.8) is 0 Å². The molecule has 0 saturated carbocycles. The average molecular weight is 298 g/mol. The molecular formula is C16H34N4O. The quantitative estimate of drug-likeness (QED) is 0.657. The number of carbonyl (C=O) groups is 1. The van der Waals surface area contributed by atoms with Gasteiger partial charge in [-0.3, -0.25) is 9.69 Å². The smallest absolute Gasteiger partial charge is 0.237 e. The molecule has 0 radical (unpaired) electrons. The molecule has 0 aromatic carbocycles. The molecule has 0 aromatic rings. The second-order valence-corrected chi connectivity index (χ2v) is 7.10. The summed E-state index contributed by atoms with van der Waals surface area (Å²) < 4.78 is 0. The van der Waals surface area contributed by atoms with E-state index in [1.54, 1.807) is 0 Å². The maximum atomic E-state index is 11.7. The van der Waals surface area contributed by atoms with Gasteiger partial charge in [0.1, 0.15) is 0 Å². The van der Waals surface area contributed by atoms with Gasteiger partial charge in [-0.25, -0.2) is 0 Å².